The highest BCUT2D eigenvalue weighted by Crippen LogP contribution is 2.18. The lowest BCUT2D eigenvalue weighted by atomic mass is 10.1. The van der Waals surface area contributed by atoms with Crippen LogP contribution in [0.1, 0.15) is 12.5 Å². The second-order valence-electron chi connectivity index (χ2n) is 5.71. The largest absolute Gasteiger partial charge is 0.368 e. The molecule has 3 aromatic rings. The minimum absolute atomic E-state index is 0.121. The smallest absolute Gasteiger partial charge is 0.249 e. The SMILES string of the molecule is CC(=O)Nc1cccc(Nc2nncc(NCCc3ccccc3)n2)c1. The maximum absolute atomic E-state index is 11.2. The Kier molecular flexibility index (Phi) is 5.72. The van der Waals surface area contributed by atoms with Crippen LogP contribution in [0.2, 0.25) is 0 Å². The van der Waals surface area contributed by atoms with E-state index < -0.39 is 0 Å². The molecular weight excluding hydrogens is 328 g/mol. The van der Waals surface area contributed by atoms with Crippen molar-refractivity contribution in [3.8, 4) is 0 Å². The lowest BCUT2D eigenvalue weighted by Crippen LogP contribution is -2.09. The van der Waals surface area contributed by atoms with Gasteiger partial charge >= 0.3 is 0 Å². The molecule has 7 nitrogen and oxygen atoms in total. The van der Waals surface area contributed by atoms with Crippen LogP contribution in [0, 0.1) is 0 Å². The standard InChI is InChI=1S/C19H20N6O/c1-14(26)22-16-8-5-9-17(12-16)23-19-24-18(13-21-25-19)20-11-10-15-6-3-2-4-7-15/h2-9,12-13H,10-11H2,1H3,(H,22,26)(H2,20,23,24,25). The molecule has 0 aliphatic carbocycles. The van der Waals surface area contributed by atoms with Crippen molar-refractivity contribution in [2.24, 2.45) is 0 Å². The van der Waals surface area contributed by atoms with Gasteiger partial charge in [0.05, 0.1) is 6.20 Å². The lowest BCUT2D eigenvalue weighted by Gasteiger charge is -2.09. The van der Waals surface area contributed by atoms with E-state index in [4.69, 9.17) is 0 Å². The van der Waals surface area contributed by atoms with E-state index in [2.05, 4.69) is 43.3 Å². The molecule has 7 heteroatoms. The summed E-state index contributed by atoms with van der Waals surface area (Å²) in [5.74, 6) is 0.913. The fraction of sp³-hybridized carbons (Fsp3) is 0.158. The monoisotopic (exact) mass is 348 g/mol. The maximum Gasteiger partial charge on any atom is 0.249 e. The summed E-state index contributed by atoms with van der Waals surface area (Å²) in [6.07, 6.45) is 2.48. The number of rotatable bonds is 7. The normalized spacial score (nSPS) is 10.2. The molecule has 132 valence electrons. The first-order valence-electron chi connectivity index (χ1n) is 8.31. The third-order valence-electron chi connectivity index (χ3n) is 3.56. The van der Waals surface area contributed by atoms with Crippen LogP contribution in [-0.4, -0.2) is 27.6 Å². The minimum Gasteiger partial charge on any atom is -0.368 e. The number of carbonyl (C=O) groups excluding carboxylic acids is 1. The Bertz CT molecular complexity index is 869. The van der Waals surface area contributed by atoms with Gasteiger partial charge in [0.1, 0.15) is 0 Å². The summed E-state index contributed by atoms with van der Waals surface area (Å²) in [5.41, 5.74) is 2.72. The molecule has 26 heavy (non-hydrogen) atoms. The van der Waals surface area contributed by atoms with Gasteiger partial charge in [0, 0.05) is 24.8 Å². The van der Waals surface area contributed by atoms with E-state index in [-0.39, 0.29) is 5.91 Å². The maximum atomic E-state index is 11.2. The van der Waals surface area contributed by atoms with Gasteiger partial charge in [-0.3, -0.25) is 4.79 Å². The summed E-state index contributed by atoms with van der Waals surface area (Å²) in [6, 6.07) is 17.6. The molecule has 1 amide bonds. The number of hydrogen-bond acceptors (Lipinski definition) is 6. The van der Waals surface area contributed by atoms with Crippen LogP contribution in [0.5, 0.6) is 0 Å². The van der Waals surface area contributed by atoms with Crippen LogP contribution < -0.4 is 16.0 Å². The van der Waals surface area contributed by atoms with Crippen molar-refractivity contribution in [3.05, 3.63) is 66.4 Å². The summed E-state index contributed by atoms with van der Waals surface area (Å²) in [4.78, 5) is 15.6. The molecule has 2 aromatic carbocycles. The summed E-state index contributed by atoms with van der Waals surface area (Å²) in [5, 5.41) is 17.0. The first kappa shape index (κ1) is 17.3. The number of carbonyl (C=O) groups is 1. The molecular formula is C19H20N6O. The van der Waals surface area contributed by atoms with Crippen molar-refractivity contribution in [2.45, 2.75) is 13.3 Å². The molecule has 0 saturated heterocycles. The van der Waals surface area contributed by atoms with Crippen molar-refractivity contribution in [2.75, 3.05) is 22.5 Å². The van der Waals surface area contributed by atoms with Gasteiger partial charge in [0.15, 0.2) is 5.82 Å². The second-order valence-corrected chi connectivity index (χ2v) is 5.71. The van der Waals surface area contributed by atoms with E-state index in [1.165, 1.54) is 12.5 Å². The van der Waals surface area contributed by atoms with Gasteiger partial charge in [-0.15, -0.1) is 5.10 Å². The van der Waals surface area contributed by atoms with Crippen LogP contribution in [0.3, 0.4) is 0 Å². The minimum atomic E-state index is -0.121. The third kappa shape index (κ3) is 5.27. The van der Waals surface area contributed by atoms with Crippen LogP contribution in [0.25, 0.3) is 0 Å². The van der Waals surface area contributed by atoms with Gasteiger partial charge in [-0.25, -0.2) is 0 Å². The molecule has 0 radical (unpaired) electrons. The highest BCUT2D eigenvalue weighted by molar-refractivity contribution is 5.89. The summed E-state index contributed by atoms with van der Waals surface area (Å²) >= 11 is 0. The van der Waals surface area contributed by atoms with Crippen LogP contribution in [-0.2, 0) is 11.2 Å². The Balaban J connectivity index is 1.59. The van der Waals surface area contributed by atoms with Crippen molar-refractivity contribution in [1.29, 1.82) is 0 Å². The van der Waals surface area contributed by atoms with Gasteiger partial charge in [-0.2, -0.15) is 10.1 Å². The predicted molar refractivity (Wildman–Crippen MR) is 102 cm³/mol. The van der Waals surface area contributed by atoms with E-state index in [1.54, 1.807) is 12.3 Å². The topological polar surface area (TPSA) is 91.8 Å². The van der Waals surface area contributed by atoms with Crippen LogP contribution in [0.4, 0.5) is 23.1 Å². The summed E-state index contributed by atoms with van der Waals surface area (Å²) < 4.78 is 0. The fourth-order valence-electron chi connectivity index (χ4n) is 2.43. The first-order valence-corrected chi connectivity index (χ1v) is 8.31. The Morgan fingerprint density at radius 1 is 1.04 bits per heavy atom. The lowest BCUT2D eigenvalue weighted by molar-refractivity contribution is -0.114. The van der Waals surface area contributed by atoms with Gasteiger partial charge in [-0.05, 0) is 30.2 Å². The number of aromatic nitrogens is 3. The number of amides is 1. The molecule has 1 aromatic heterocycles. The van der Waals surface area contributed by atoms with E-state index in [0.717, 1.165) is 18.7 Å². The number of anilines is 4. The fourth-order valence-corrected chi connectivity index (χ4v) is 2.43. The summed E-state index contributed by atoms with van der Waals surface area (Å²) in [6.45, 7) is 2.22. The van der Waals surface area contributed by atoms with E-state index in [0.29, 0.717) is 17.5 Å². The van der Waals surface area contributed by atoms with Gasteiger partial charge < -0.3 is 16.0 Å². The van der Waals surface area contributed by atoms with Crippen LogP contribution >= 0.6 is 0 Å². The molecule has 0 saturated carbocycles. The molecule has 0 bridgehead atoms. The van der Waals surface area contributed by atoms with Gasteiger partial charge in [-0.1, -0.05) is 36.4 Å². The van der Waals surface area contributed by atoms with E-state index in [1.807, 2.05) is 36.4 Å². The zero-order chi connectivity index (χ0) is 18.2. The Morgan fingerprint density at radius 3 is 2.65 bits per heavy atom. The zero-order valence-corrected chi connectivity index (χ0v) is 14.4. The predicted octanol–water partition coefficient (Wildman–Crippen LogP) is 3.23. The van der Waals surface area contributed by atoms with E-state index >= 15 is 0 Å². The molecule has 0 fully saturated rings. The summed E-state index contributed by atoms with van der Waals surface area (Å²) in [7, 11) is 0. The molecule has 0 aliphatic rings. The molecule has 1 heterocycles. The third-order valence-corrected chi connectivity index (χ3v) is 3.56. The van der Waals surface area contributed by atoms with Crippen molar-refractivity contribution < 1.29 is 4.79 Å². The van der Waals surface area contributed by atoms with Gasteiger partial charge in [0.2, 0.25) is 11.9 Å². The van der Waals surface area contributed by atoms with Crippen LogP contribution in [0.15, 0.2) is 60.8 Å². The molecule has 3 rings (SSSR count). The number of nitrogens with zero attached hydrogens (tertiary/aromatic N) is 3. The zero-order valence-electron chi connectivity index (χ0n) is 14.4. The van der Waals surface area contributed by atoms with Crippen molar-refractivity contribution in [1.82, 2.24) is 15.2 Å². The highest BCUT2D eigenvalue weighted by Gasteiger charge is 2.03. The number of hydrogen-bond donors (Lipinski definition) is 3. The average molecular weight is 348 g/mol. The molecule has 0 aliphatic heterocycles. The Morgan fingerprint density at radius 2 is 1.85 bits per heavy atom. The van der Waals surface area contributed by atoms with Gasteiger partial charge in [0.25, 0.3) is 0 Å². The number of nitrogens with one attached hydrogen (secondary N) is 3. The molecule has 3 N–H and O–H groups in total. The average Bonchev–Trinajstić information content (AvgIpc) is 2.63. The van der Waals surface area contributed by atoms with Crippen molar-refractivity contribution >= 4 is 29.0 Å². The first-order chi connectivity index (χ1) is 12.7. The molecule has 0 atom stereocenters. The molecule has 0 unspecified atom stereocenters. The van der Waals surface area contributed by atoms with E-state index in [9.17, 15) is 4.79 Å². The quantitative estimate of drug-likeness (QED) is 0.607. The molecule has 0 spiro atoms. The Hall–Kier alpha value is -3.48. The second kappa shape index (κ2) is 8.57. The highest BCUT2D eigenvalue weighted by atomic mass is 16.1. The number of benzene rings is 2. The Labute approximate surface area is 151 Å². The van der Waals surface area contributed by atoms with Crippen molar-refractivity contribution in [3.63, 3.8) is 0 Å².